The molecule has 6 nitrogen and oxygen atoms in total. The number of esters is 1. The first-order valence-corrected chi connectivity index (χ1v) is 10.9. The van der Waals surface area contributed by atoms with Crippen LogP contribution in [0.4, 0.5) is 0 Å². The SMILES string of the molecule is C=C1C=C(C(C)c2cc(C(=O)OC)cn3cc(CC(C)C)nc23)CC=C1c1ocnc1C. The summed E-state index contributed by atoms with van der Waals surface area (Å²) in [5.41, 5.74) is 7.31. The first kappa shape index (κ1) is 21.8. The van der Waals surface area contributed by atoms with Crippen molar-refractivity contribution in [1.29, 1.82) is 0 Å². The lowest BCUT2D eigenvalue weighted by Crippen LogP contribution is -2.09. The van der Waals surface area contributed by atoms with Crippen LogP contribution in [0.2, 0.25) is 0 Å². The lowest BCUT2D eigenvalue weighted by atomic mass is 9.84. The number of nitrogens with zero attached hydrogens (tertiary/aromatic N) is 3. The summed E-state index contributed by atoms with van der Waals surface area (Å²) < 4.78 is 12.5. The van der Waals surface area contributed by atoms with Crippen molar-refractivity contribution in [3.8, 4) is 0 Å². The van der Waals surface area contributed by atoms with Gasteiger partial charge in [-0.25, -0.2) is 14.8 Å². The second-order valence-electron chi connectivity index (χ2n) is 8.79. The van der Waals surface area contributed by atoms with Gasteiger partial charge in [-0.15, -0.1) is 0 Å². The molecular weight excluding hydrogens is 402 g/mol. The molecule has 1 aliphatic carbocycles. The lowest BCUT2D eigenvalue weighted by Gasteiger charge is -2.21. The van der Waals surface area contributed by atoms with E-state index in [-0.39, 0.29) is 11.9 Å². The molecule has 1 atom stereocenters. The third-order valence-corrected chi connectivity index (χ3v) is 5.93. The summed E-state index contributed by atoms with van der Waals surface area (Å²) in [6, 6.07) is 1.90. The second-order valence-corrected chi connectivity index (χ2v) is 8.79. The van der Waals surface area contributed by atoms with Crippen molar-refractivity contribution in [3.05, 3.63) is 83.0 Å². The van der Waals surface area contributed by atoms with Gasteiger partial charge in [-0.2, -0.15) is 0 Å². The summed E-state index contributed by atoms with van der Waals surface area (Å²) >= 11 is 0. The average molecular weight is 432 g/mol. The lowest BCUT2D eigenvalue weighted by molar-refractivity contribution is 0.0600. The molecule has 3 aromatic heterocycles. The smallest absolute Gasteiger partial charge is 0.339 e. The van der Waals surface area contributed by atoms with Crippen LogP contribution < -0.4 is 0 Å². The molecule has 0 saturated carbocycles. The quantitative estimate of drug-likeness (QED) is 0.469. The Labute approximate surface area is 188 Å². The molecule has 6 heteroatoms. The minimum absolute atomic E-state index is 0.0433. The van der Waals surface area contributed by atoms with Crippen LogP contribution in [0.1, 0.15) is 66.2 Å². The third kappa shape index (κ3) is 4.05. The van der Waals surface area contributed by atoms with Crippen molar-refractivity contribution in [1.82, 2.24) is 14.4 Å². The van der Waals surface area contributed by atoms with E-state index in [0.29, 0.717) is 11.5 Å². The fourth-order valence-corrected chi connectivity index (χ4v) is 4.25. The van der Waals surface area contributed by atoms with Crippen molar-refractivity contribution >= 4 is 17.2 Å². The third-order valence-electron chi connectivity index (χ3n) is 5.93. The molecule has 1 aliphatic rings. The normalized spacial score (nSPS) is 15.1. The van der Waals surface area contributed by atoms with Crippen LogP contribution in [0.5, 0.6) is 0 Å². The molecule has 0 fully saturated rings. The number of pyridine rings is 1. The summed E-state index contributed by atoms with van der Waals surface area (Å²) in [6.07, 6.45) is 11.2. The topological polar surface area (TPSA) is 69.6 Å². The average Bonchev–Trinajstić information content (AvgIpc) is 3.36. The van der Waals surface area contributed by atoms with Gasteiger partial charge in [-0.1, -0.05) is 45.1 Å². The molecule has 32 heavy (non-hydrogen) atoms. The molecule has 1 unspecified atom stereocenters. The number of aromatic nitrogens is 3. The fourth-order valence-electron chi connectivity index (χ4n) is 4.25. The number of hydrogen-bond acceptors (Lipinski definition) is 5. The largest absolute Gasteiger partial charge is 0.465 e. The molecule has 3 heterocycles. The number of hydrogen-bond donors (Lipinski definition) is 0. The first-order valence-electron chi connectivity index (χ1n) is 10.9. The summed E-state index contributed by atoms with van der Waals surface area (Å²) in [4.78, 5) is 21.4. The summed E-state index contributed by atoms with van der Waals surface area (Å²) in [6.45, 7) is 12.7. The van der Waals surface area contributed by atoms with E-state index in [1.807, 2.05) is 23.6 Å². The number of allylic oxidation sites excluding steroid dienone is 5. The number of fused-ring (bicyclic) bond motifs is 1. The van der Waals surface area contributed by atoms with E-state index >= 15 is 0 Å². The predicted molar refractivity (Wildman–Crippen MR) is 125 cm³/mol. The maximum Gasteiger partial charge on any atom is 0.339 e. The minimum atomic E-state index is -0.357. The van der Waals surface area contributed by atoms with E-state index < -0.39 is 0 Å². The Kier molecular flexibility index (Phi) is 5.87. The monoisotopic (exact) mass is 431 g/mol. The van der Waals surface area contributed by atoms with Gasteiger partial charge in [0.05, 0.1) is 24.1 Å². The van der Waals surface area contributed by atoms with Gasteiger partial charge in [0.2, 0.25) is 0 Å². The highest BCUT2D eigenvalue weighted by Gasteiger charge is 2.23. The first-order chi connectivity index (χ1) is 15.3. The highest BCUT2D eigenvalue weighted by Crippen LogP contribution is 2.38. The zero-order valence-corrected chi connectivity index (χ0v) is 19.3. The van der Waals surface area contributed by atoms with Gasteiger partial charge in [-0.05, 0) is 37.3 Å². The van der Waals surface area contributed by atoms with Gasteiger partial charge in [0, 0.05) is 29.4 Å². The van der Waals surface area contributed by atoms with E-state index in [2.05, 4.69) is 44.5 Å². The van der Waals surface area contributed by atoms with Crippen molar-refractivity contribution in [2.24, 2.45) is 5.92 Å². The Bertz CT molecular complexity index is 1260. The fraction of sp³-hybridized carbons (Fsp3) is 0.346. The Balaban J connectivity index is 1.73. The molecule has 0 N–H and O–H groups in total. The molecule has 0 radical (unpaired) electrons. The van der Waals surface area contributed by atoms with Crippen LogP contribution >= 0.6 is 0 Å². The molecule has 0 saturated heterocycles. The Morgan fingerprint density at radius 1 is 1.31 bits per heavy atom. The summed E-state index contributed by atoms with van der Waals surface area (Å²) in [5, 5.41) is 0. The molecular formula is C26H29N3O3. The van der Waals surface area contributed by atoms with Crippen molar-refractivity contribution in [3.63, 3.8) is 0 Å². The van der Waals surface area contributed by atoms with Crippen LogP contribution in [0.15, 0.2) is 59.1 Å². The Hall–Kier alpha value is -3.41. The standard InChI is InChI=1S/C26H29N3O3/c1-15(2)9-21-13-29-12-20(26(30)31-6)11-23(25(29)28-21)17(4)19-7-8-22(16(3)10-19)24-18(5)27-14-32-24/h8,10-15,17H,3,7,9H2,1-2,4-6H3. The maximum atomic E-state index is 12.3. The number of aryl methyl sites for hydroxylation is 1. The molecule has 0 aromatic carbocycles. The number of imidazole rings is 1. The van der Waals surface area contributed by atoms with Crippen molar-refractivity contribution in [2.45, 2.75) is 46.5 Å². The zero-order chi connectivity index (χ0) is 23.0. The maximum absolute atomic E-state index is 12.3. The van der Waals surface area contributed by atoms with Gasteiger partial charge in [-0.3, -0.25) is 0 Å². The molecule has 166 valence electrons. The Morgan fingerprint density at radius 2 is 2.09 bits per heavy atom. The van der Waals surface area contributed by atoms with E-state index in [4.69, 9.17) is 14.1 Å². The molecule has 0 aliphatic heterocycles. The van der Waals surface area contributed by atoms with Crippen LogP contribution in [-0.4, -0.2) is 27.4 Å². The zero-order valence-electron chi connectivity index (χ0n) is 19.3. The number of carbonyl (C=O) groups excluding carboxylic acids is 1. The number of ether oxygens (including phenoxy) is 1. The predicted octanol–water partition coefficient (Wildman–Crippen LogP) is 5.69. The van der Waals surface area contributed by atoms with Crippen molar-refractivity contribution < 1.29 is 13.9 Å². The van der Waals surface area contributed by atoms with Gasteiger partial charge in [0.1, 0.15) is 5.65 Å². The van der Waals surface area contributed by atoms with Crippen LogP contribution in [0, 0.1) is 12.8 Å². The van der Waals surface area contributed by atoms with E-state index in [9.17, 15) is 4.79 Å². The highest BCUT2D eigenvalue weighted by atomic mass is 16.5. The second kappa shape index (κ2) is 8.61. The van der Waals surface area contributed by atoms with Crippen LogP contribution in [0.3, 0.4) is 0 Å². The van der Waals surface area contributed by atoms with Gasteiger partial charge < -0.3 is 13.6 Å². The van der Waals surface area contributed by atoms with Gasteiger partial charge >= 0.3 is 5.97 Å². The molecule has 0 bridgehead atoms. The number of methoxy groups -OCH3 is 1. The highest BCUT2D eigenvalue weighted by molar-refractivity contribution is 5.90. The summed E-state index contributed by atoms with van der Waals surface area (Å²) in [5.74, 6) is 0.944. The molecule has 0 amide bonds. The van der Waals surface area contributed by atoms with Crippen LogP contribution in [-0.2, 0) is 11.2 Å². The number of rotatable bonds is 6. The van der Waals surface area contributed by atoms with Gasteiger partial charge in [0.15, 0.2) is 12.2 Å². The molecule has 4 rings (SSSR count). The number of oxazole rings is 1. The van der Waals surface area contributed by atoms with Crippen molar-refractivity contribution in [2.75, 3.05) is 7.11 Å². The van der Waals surface area contributed by atoms with Gasteiger partial charge in [0.25, 0.3) is 0 Å². The summed E-state index contributed by atoms with van der Waals surface area (Å²) in [7, 11) is 1.40. The van der Waals surface area contributed by atoms with E-state index in [1.165, 1.54) is 19.1 Å². The van der Waals surface area contributed by atoms with E-state index in [1.54, 1.807) is 6.20 Å². The molecule has 0 spiro atoms. The minimum Gasteiger partial charge on any atom is -0.465 e. The Morgan fingerprint density at radius 3 is 2.72 bits per heavy atom. The number of carbonyl (C=O) groups is 1. The van der Waals surface area contributed by atoms with E-state index in [0.717, 1.165) is 52.3 Å². The molecule has 3 aromatic rings. The van der Waals surface area contributed by atoms with Crippen LogP contribution in [0.25, 0.3) is 11.2 Å².